The van der Waals surface area contributed by atoms with Crippen LogP contribution in [0.1, 0.15) is 18.4 Å². The summed E-state index contributed by atoms with van der Waals surface area (Å²) in [5, 5.41) is 0. The van der Waals surface area contributed by atoms with Crippen LogP contribution in [0.4, 0.5) is 0 Å². The van der Waals surface area contributed by atoms with Crippen LogP contribution in [0, 0.1) is 0 Å². The minimum absolute atomic E-state index is 0.562. The van der Waals surface area contributed by atoms with Crippen LogP contribution in [0.25, 0.3) is 0 Å². The van der Waals surface area contributed by atoms with E-state index in [0.29, 0.717) is 6.54 Å². The Morgan fingerprint density at radius 1 is 1.29 bits per heavy atom. The highest BCUT2D eigenvalue weighted by atomic mass is 79.9. The van der Waals surface area contributed by atoms with Crippen molar-refractivity contribution in [3.05, 3.63) is 28.2 Å². The van der Waals surface area contributed by atoms with E-state index >= 15 is 0 Å². The lowest BCUT2D eigenvalue weighted by Gasteiger charge is -2.15. The fourth-order valence-corrected chi connectivity index (χ4v) is 2.62. The number of nitrogens with zero attached hydrogens (tertiary/aromatic N) is 1. The molecule has 0 spiro atoms. The van der Waals surface area contributed by atoms with E-state index in [9.17, 15) is 0 Å². The lowest BCUT2D eigenvalue weighted by Crippen LogP contribution is -2.25. The van der Waals surface area contributed by atoms with Crippen LogP contribution >= 0.6 is 15.9 Å². The summed E-state index contributed by atoms with van der Waals surface area (Å²) in [6.07, 6.45) is 2.66. The van der Waals surface area contributed by atoms with Gasteiger partial charge in [-0.15, -0.1) is 0 Å². The highest BCUT2D eigenvalue weighted by Crippen LogP contribution is 2.25. The van der Waals surface area contributed by atoms with Crippen LogP contribution in [0.3, 0.4) is 0 Å². The monoisotopic (exact) mass is 298 g/mol. The molecule has 0 amide bonds. The Morgan fingerprint density at radius 3 is 2.71 bits per heavy atom. The van der Waals surface area contributed by atoms with Crippen LogP contribution < -0.4 is 10.5 Å². The first kappa shape index (κ1) is 12.9. The van der Waals surface area contributed by atoms with Gasteiger partial charge in [0.2, 0.25) is 0 Å². The van der Waals surface area contributed by atoms with Gasteiger partial charge in [-0.05, 0) is 59.6 Å². The molecule has 0 saturated carbocycles. The number of hydrogen-bond acceptors (Lipinski definition) is 3. The molecule has 0 aromatic heterocycles. The van der Waals surface area contributed by atoms with Crippen LogP contribution in [0.5, 0.6) is 5.75 Å². The van der Waals surface area contributed by atoms with Gasteiger partial charge in [0.25, 0.3) is 0 Å². The third-order valence-corrected chi connectivity index (χ3v) is 3.72. The van der Waals surface area contributed by atoms with Crippen molar-refractivity contribution in [3.8, 4) is 5.75 Å². The van der Waals surface area contributed by atoms with Gasteiger partial charge >= 0.3 is 0 Å². The average molecular weight is 299 g/mol. The molecule has 3 nitrogen and oxygen atoms in total. The zero-order valence-electron chi connectivity index (χ0n) is 9.99. The highest BCUT2D eigenvalue weighted by molar-refractivity contribution is 9.10. The number of rotatable bonds is 5. The van der Waals surface area contributed by atoms with Gasteiger partial charge in [0.15, 0.2) is 0 Å². The molecule has 94 valence electrons. The summed E-state index contributed by atoms with van der Waals surface area (Å²) in [5.74, 6) is 0.904. The summed E-state index contributed by atoms with van der Waals surface area (Å²) in [7, 11) is 0. The van der Waals surface area contributed by atoms with E-state index in [1.807, 2.05) is 18.2 Å². The number of ether oxygens (including phenoxy) is 1. The summed E-state index contributed by atoms with van der Waals surface area (Å²) >= 11 is 3.51. The zero-order valence-corrected chi connectivity index (χ0v) is 11.6. The average Bonchev–Trinajstić information content (AvgIpc) is 2.84. The van der Waals surface area contributed by atoms with E-state index in [0.717, 1.165) is 28.9 Å². The Bertz CT molecular complexity index is 364. The van der Waals surface area contributed by atoms with Crippen molar-refractivity contribution in [2.24, 2.45) is 5.73 Å². The topological polar surface area (TPSA) is 38.5 Å². The second-order valence-electron chi connectivity index (χ2n) is 4.37. The number of benzene rings is 1. The van der Waals surface area contributed by atoms with E-state index in [2.05, 4.69) is 20.8 Å². The first-order valence-electron chi connectivity index (χ1n) is 6.13. The first-order chi connectivity index (χ1) is 8.29. The van der Waals surface area contributed by atoms with Crippen LogP contribution in [-0.4, -0.2) is 31.1 Å². The van der Waals surface area contributed by atoms with Gasteiger partial charge in [-0.2, -0.15) is 0 Å². The second kappa shape index (κ2) is 6.38. The fourth-order valence-electron chi connectivity index (χ4n) is 2.08. The molecule has 0 unspecified atom stereocenters. The van der Waals surface area contributed by atoms with Crippen LogP contribution in [0.2, 0.25) is 0 Å². The number of likely N-dealkylation sites (tertiary alicyclic amines) is 1. The van der Waals surface area contributed by atoms with E-state index in [-0.39, 0.29) is 0 Å². The van der Waals surface area contributed by atoms with Crippen molar-refractivity contribution < 1.29 is 4.74 Å². The Kier molecular flexibility index (Phi) is 4.83. The molecule has 2 rings (SSSR count). The van der Waals surface area contributed by atoms with E-state index in [1.165, 1.54) is 25.9 Å². The molecule has 1 fully saturated rings. The molecule has 1 aromatic rings. The molecule has 17 heavy (non-hydrogen) atoms. The summed E-state index contributed by atoms with van der Waals surface area (Å²) < 4.78 is 6.76. The molecule has 4 heteroatoms. The smallest absolute Gasteiger partial charge is 0.133 e. The molecule has 0 radical (unpaired) electrons. The SMILES string of the molecule is NCc1ccc(OCCN2CCCC2)c(Br)c1. The van der Waals surface area contributed by atoms with E-state index in [1.54, 1.807) is 0 Å². The lowest BCUT2D eigenvalue weighted by atomic mass is 10.2. The normalized spacial score (nSPS) is 16.4. The number of hydrogen-bond donors (Lipinski definition) is 1. The maximum Gasteiger partial charge on any atom is 0.133 e. The molecular formula is C13H19BrN2O. The molecular weight excluding hydrogens is 280 g/mol. The maximum atomic E-state index is 5.77. The molecule has 2 N–H and O–H groups in total. The third kappa shape index (κ3) is 3.69. The maximum absolute atomic E-state index is 5.77. The Morgan fingerprint density at radius 2 is 2.06 bits per heavy atom. The Labute approximate surface area is 111 Å². The standard InChI is InChI=1S/C13H19BrN2O/c14-12-9-11(10-15)3-4-13(12)17-8-7-16-5-1-2-6-16/h3-4,9H,1-2,5-8,10,15H2. The summed E-state index contributed by atoms with van der Waals surface area (Å²) in [6, 6.07) is 6.01. The van der Waals surface area contributed by atoms with Crippen molar-refractivity contribution in [1.29, 1.82) is 0 Å². The zero-order chi connectivity index (χ0) is 12.1. The van der Waals surface area contributed by atoms with Gasteiger partial charge in [0.1, 0.15) is 12.4 Å². The van der Waals surface area contributed by atoms with Crippen molar-refractivity contribution in [2.45, 2.75) is 19.4 Å². The molecule has 1 heterocycles. The van der Waals surface area contributed by atoms with E-state index in [4.69, 9.17) is 10.5 Å². The van der Waals surface area contributed by atoms with Gasteiger partial charge in [-0.25, -0.2) is 0 Å². The minimum Gasteiger partial charge on any atom is -0.491 e. The number of nitrogens with two attached hydrogens (primary N) is 1. The Hall–Kier alpha value is -0.580. The van der Waals surface area contributed by atoms with Crippen molar-refractivity contribution in [1.82, 2.24) is 4.90 Å². The Balaban J connectivity index is 1.81. The summed E-state index contributed by atoms with van der Waals surface area (Å²) in [6.45, 7) is 4.77. The second-order valence-corrected chi connectivity index (χ2v) is 5.22. The molecule has 1 aromatic carbocycles. The fraction of sp³-hybridized carbons (Fsp3) is 0.538. The van der Waals surface area contributed by atoms with Crippen molar-refractivity contribution in [2.75, 3.05) is 26.2 Å². The first-order valence-corrected chi connectivity index (χ1v) is 6.92. The van der Waals surface area contributed by atoms with Gasteiger partial charge in [-0.3, -0.25) is 4.90 Å². The largest absolute Gasteiger partial charge is 0.491 e. The highest BCUT2D eigenvalue weighted by Gasteiger charge is 2.11. The van der Waals surface area contributed by atoms with Crippen molar-refractivity contribution >= 4 is 15.9 Å². The minimum atomic E-state index is 0.562. The molecule has 0 atom stereocenters. The van der Waals surface area contributed by atoms with Crippen LogP contribution in [0.15, 0.2) is 22.7 Å². The predicted octanol–water partition coefficient (Wildman–Crippen LogP) is 2.38. The van der Waals surface area contributed by atoms with Gasteiger partial charge in [0, 0.05) is 13.1 Å². The number of halogens is 1. The molecule has 0 bridgehead atoms. The van der Waals surface area contributed by atoms with Gasteiger partial charge in [-0.1, -0.05) is 6.07 Å². The van der Waals surface area contributed by atoms with Crippen LogP contribution in [-0.2, 0) is 6.54 Å². The molecule has 1 aliphatic rings. The molecule has 0 aliphatic carbocycles. The molecule has 1 aliphatic heterocycles. The van der Waals surface area contributed by atoms with Crippen molar-refractivity contribution in [3.63, 3.8) is 0 Å². The lowest BCUT2D eigenvalue weighted by molar-refractivity contribution is 0.237. The molecule has 1 saturated heterocycles. The van der Waals surface area contributed by atoms with E-state index < -0.39 is 0 Å². The summed E-state index contributed by atoms with van der Waals surface area (Å²) in [5.41, 5.74) is 6.70. The van der Waals surface area contributed by atoms with Gasteiger partial charge in [0.05, 0.1) is 4.47 Å². The van der Waals surface area contributed by atoms with Gasteiger partial charge < -0.3 is 10.5 Å². The summed E-state index contributed by atoms with van der Waals surface area (Å²) in [4.78, 5) is 2.45. The predicted molar refractivity (Wildman–Crippen MR) is 73.2 cm³/mol. The third-order valence-electron chi connectivity index (χ3n) is 3.10. The quantitative estimate of drug-likeness (QED) is 0.907.